The van der Waals surface area contributed by atoms with Crippen molar-refractivity contribution in [2.24, 2.45) is 0 Å². The number of nitrogens with zero attached hydrogens (tertiary/aromatic N) is 3. The van der Waals surface area contributed by atoms with Crippen molar-refractivity contribution < 1.29 is 0 Å². The smallest absolute Gasteiger partial charge is 0.236 e. The number of hydrogen-bond acceptors (Lipinski definition) is 3. The summed E-state index contributed by atoms with van der Waals surface area (Å²) in [5.41, 5.74) is 6.65. The van der Waals surface area contributed by atoms with Gasteiger partial charge in [0, 0.05) is 31.8 Å². The van der Waals surface area contributed by atoms with Crippen LogP contribution < -0.4 is 0 Å². The van der Waals surface area contributed by atoms with Crippen LogP contribution in [0.4, 0.5) is 0 Å². The van der Waals surface area contributed by atoms with Crippen LogP contribution in [-0.4, -0.2) is 14.5 Å². The minimum atomic E-state index is 0.682. The van der Waals surface area contributed by atoms with E-state index in [1.165, 1.54) is 64.3 Å². The molecule has 11 aromatic rings. The lowest BCUT2D eigenvalue weighted by molar-refractivity contribution is 1.02. The van der Waals surface area contributed by atoms with Gasteiger partial charge in [0.15, 0.2) is 0 Å². The molecule has 0 saturated carbocycles. The monoisotopic (exact) mass is 653 g/mol. The summed E-state index contributed by atoms with van der Waals surface area (Å²) < 4.78 is 3.49. The van der Waals surface area contributed by atoms with Gasteiger partial charge < -0.3 is 0 Å². The minimum absolute atomic E-state index is 0.682. The summed E-state index contributed by atoms with van der Waals surface area (Å²) >= 11 is 1.75. The number of rotatable bonds is 3. The van der Waals surface area contributed by atoms with E-state index in [1.54, 1.807) is 11.3 Å². The van der Waals surface area contributed by atoms with Gasteiger partial charge in [-0.1, -0.05) is 140 Å². The highest BCUT2D eigenvalue weighted by Gasteiger charge is 2.22. The predicted octanol–water partition coefficient (Wildman–Crippen LogP) is 12.7. The molecule has 0 atom stereocenters. The van der Waals surface area contributed by atoms with Crippen molar-refractivity contribution in [3.63, 3.8) is 0 Å². The van der Waals surface area contributed by atoms with E-state index in [9.17, 15) is 0 Å². The average molecular weight is 654 g/mol. The third kappa shape index (κ3) is 4.03. The van der Waals surface area contributed by atoms with E-state index in [-0.39, 0.29) is 0 Å². The van der Waals surface area contributed by atoms with Crippen LogP contribution in [0.5, 0.6) is 0 Å². The number of aromatic nitrogens is 3. The molecule has 3 nitrogen and oxygen atoms in total. The van der Waals surface area contributed by atoms with Gasteiger partial charge in [-0.3, -0.25) is 4.57 Å². The van der Waals surface area contributed by atoms with Crippen molar-refractivity contribution in [2.75, 3.05) is 0 Å². The van der Waals surface area contributed by atoms with E-state index in [0.717, 1.165) is 32.5 Å². The molecule has 3 heterocycles. The maximum atomic E-state index is 5.54. The van der Waals surface area contributed by atoms with Gasteiger partial charge >= 0.3 is 0 Å². The summed E-state index contributed by atoms with van der Waals surface area (Å²) in [5.74, 6) is 0.682. The third-order valence-electron chi connectivity index (χ3n) is 10.2. The summed E-state index contributed by atoms with van der Waals surface area (Å²) in [6.07, 6.45) is 0. The van der Waals surface area contributed by atoms with Gasteiger partial charge in [-0.15, -0.1) is 11.3 Å². The standard InChI is InChI=1S/C46H27N3S/c1-2-10-28(11-3-1)33-20-23-37-40(27-33)50-45-43(37)44(34-19-18-29-12-4-5-15-32(29)26-34)47-46(48-45)49-38-24-21-30-13-6-8-16-35(30)41(38)42-36-17-9-7-14-31(36)22-25-39(42)49/h1-27H. The Bertz CT molecular complexity index is 3060. The fourth-order valence-electron chi connectivity index (χ4n) is 7.88. The lowest BCUT2D eigenvalue weighted by Gasteiger charge is -2.11. The van der Waals surface area contributed by atoms with Crippen LogP contribution in [0.1, 0.15) is 0 Å². The SMILES string of the molecule is c1ccc(-c2ccc3c(c2)sc2nc(-n4c5ccc6ccccc6c5c5c6ccccc6ccc54)nc(-c4ccc5ccccc5c4)c23)cc1. The van der Waals surface area contributed by atoms with E-state index in [2.05, 4.69) is 168 Å². The molecule has 3 aromatic heterocycles. The Balaban J connectivity index is 1.27. The molecule has 0 amide bonds. The molecule has 0 aliphatic heterocycles. The molecule has 0 N–H and O–H groups in total. The minimum Gasteiger partial charge on any atom is -0.278 e. The Hall–Kier alpha value is -6.36. The van der Waals surface area contributed by atoms with Gasteiger partial charge in [-0.25, -0.2) is 9.97 Å². The van der Waals surface area contributed by atoms with Crippen LogP contribution in [0.15, 0.2) is 164 Å². The molecule has 0 aliphatic rings. The van der Waals surface area contributed by atoms with Crippen LogP contribution in [0, 0.1) is 0 Å². The third-order valence-corrected chi connectivity index (χ3v) is 11.2. The van der Waals surface area contributed by atoms with Crippen LogP contribution in [0.3, 0.4) is 0 Å². The zero-order valence-electron chi connectivity index (χ0n) is 26.8. The van der Waals surface area contributed by atoms with E-state index < -0.39 is 0 Å². The van der Waals surface area contributed by atoms with Gasteiger partial charge in [-0.2, -0.15) is 0 Å². The molecule has 0 spiro atoms. The molecule has 50 heavy (non-hydrogen) atoms. The molecule has 11 rings (SSSR count). The van der Waals surface area contributed by atoms with Crippen molar-refractivity contribution in [2.45, 2.75) is 0 Å². The van der Waals surface area contributed by atoms with Crippen LogP contribution in [-0.2, 0) is 0 Å². The first-order valence-corrected chi connectivity index (χ1v) is 17.7. The predicted molar refractivity (Wildman–Crippen MR) is 213 cm³/mol. The maximum absolute atomic E-state index is 5.54. The molecule has 4 heteroatoms. The lowest BCUT2D eigenvalue weighted by atomic mass is 10.00. The molecule has 0 saturated heterocycles. The molecular formula is C46H27N3S. The fraction of sp³-hybridized carbons (Fsp3) is 0. The average Bonchev–Trinajstić information content (AvgIpc) is 3.73. The van der Waals surface area contributed by atoms with E-state index in [0.29, 0.717) is 5.95 Å². The summed E-state index contributed by atoms with van der Waals surface area (Å²) in [5, 5.41) is 12.1. The Morgan fingerprint density at radius 2 is 1.00 bits per heavy atom. The summed E-state index contributed by atoms with van der Waals surface area (Å²) in [4.78, 5) is 12.0. The summed E-state index contributed by atoms with van der Waals surface area (Å²) in [6, 6.07) is 58.9. The number of hydrogen-bond donors (Lipinski definition) is 0. The second kappa shape index (κ2) is 10.6. The van der Waals surface area contributed by atoms with Crippen molar-refractivity contribution in [3.05, 3.63) is 164 Å². The van der Waals surface area contributed by atoms with Crippen LogP contribution in [0.2, 0.25) is 0 Å². The van der Waals surface area contributed by atoms with Crippen molar-refractivity contribution in [1.82, 2.24) is 14.5 Å². The molecule has 232 valence electrons. The van der Waals surface area contributed by atoms with Crippen molar-refractivity contribution in [3.8, 4) is 28.3 Å². The highest BCUT2D eigenvalue weighted by Crippen LogP contribution is 2.44. The van der Waals surface area contributed by atoms with E-state index in [1.807, 2.05) is 0 Å². The van der Waals surface area contributed by atoms with Gasteiger partial charge in [0.2, 0.25) is 5.95 Å². The highest BCUT2D eigenvalue weighted by atomic mass is 32.1. The summed E-state index contributed by atoms with van der Waals surface area (Å²) in [7, 11) is 0. The topological polar surface area (TPSA) is 30.7 Å². The molecule has 0 bridgehead atoms. The first-order chi connectivity index (χ1) is 24.8. The van der Waals surface area contributed by atoms with Crippen LogP contribution >= 0.6 is 11.3 Å². The zero-order chi connectivity index (χ0) is 32.8. The fourth-order valence-corrected chi connectivity index (χ4v) is 8.99. The lowest BCUT2D eigenvalue weighted by Crippen LogP contribution is -2.02. The normalized spacial score (nSPS) is 12.0. The number of thiophene rings is 1. The summed E-state index contributed by atoms with van der Waals surface area (Å²) in [6.45, 7) is 0. The maximum Gasteiger partial charge on any atom is 0.236 e. The molecule has 8 aromatic carbocycles. The second-order valence-corrected chi connectivity index (χ2v) is 14.0. The Morgan fingerprint density at radius 1 is 0.400 bits per heavy atom. The molecule has 0 fully saturated rings. The Kier molecular flexibility index (Phi) is 5.83. The van der Waals surface area contributed by atoms with Gasteiger partial charge in [0.1, 0.15) is 4.83 Å². The molecule has 0 aliphatic carbocycles. The van der Waals surface area contributed by atoms with Crippen molar-refractivity contribution >= 4 is 85.8 Å². The van der Waals surface area contributed by atoms with Gasteiger partial charge in [-0.05, 0) is 67.7 Å². The highest BCUT2D eigenvalue weighted by molar-refractivity contribution is 7.25. The molecular weight excluding hydrogens is 627 g/mol. The Morgan fingerprint density at radius 3 is 1.72 bits per heavy atom. The zero-order valence-corrected chi connectivity index (χ0v) is 27.7. The number of fused-ring (bicyclic) bond motifs is 11. The van der Waals surface area contributed by atoms with E-state index >= 15 is 0 Å². The largest absolute Gasteiger partial charge is 0.278 e. The number of benzene rings is 8. The molecule has 0 unspecified atom stereocenters. The first-order valence-electron chi connectivity index (χ1n) is 16.9. The molecule has 0 radical (unpaired) electrons. The van der Waals surface area contributed by atoms with Crippen LogP contribution in [0.25, 0.3) is 103 Å². The second-order valence-electron chi connectivity index (χ2n) is 13.0. The van der Waals surface area contributed by atoms with E-state index in [4.69, 9.17) is 9.97 Å². The Labute approximate surface area is 291 Å². The van der Waals surface area contributed by atoms with Gasteiger partial charge in [0.25, 0.3) is 0 Å². The van der Waals surface area contributed by atoms with Gasteiger partial charge in [0.05, 0.1) is 16.7 Å². The quantitative estimate of drug-likeness (QED) is 0.190. The van der Waals surface area contributed by atoms with Crippen molar-refractivity contribution in [1.29, 1.82) is 0 Å². The first kappa shape index (κ1) is 27.6.